The third-order valence-electron chi connectivity index (χ3n) is 3.75. The van der Waals surface area contributed by atoms with Gasteiger partial charge in [0.1, 0.15) is 0 Å². The Labute approximate surface area is 138 Å². The Hall–Kier alpha value is -0.294. The SMILES string of the molecule is CCCCCCC(CC(C(=O)O)C(=O)O)C(C)(C)C.[MgH2]. The Morgan fingerprint density at radius 1 is 1.00 bits per heavy atom. The van der Waals surface area contributed by atoms with E-state index in [4.69, 9.17) is 10.2 Å². The zero-order chi connectivity index (χ0) is 15.1. The monoisotopic (exact) mass is 298 g/mol. The van der Waals surface area contributed by atoms with E-state index in [2.05, 4.69) is 27.7 Å². The van der Waals surface area contributed by atoms with Crippen molar-refractivity contribution >= 4 is 35.0 Å². The number of hydrogen-bond donors (Lipinski definition) is 2. The highest BCUT2D eigenvalue weighted by molar-refractivity contribution is 5.92. The molecular weight excluding hydrogens is 268 g/mol. The van der Waals surface area contributed by atoms with Gasteiger partial charge in [-0.1, -0.05) is 53.4 Å². The fourth-order valence-electron chi connectivity index (χ4n) is 2.31. The number of carboxylic acids is 2. The van der Waals surface area contributed by atoms with Gasteiger partial charge in [0.2, 0.25) is 0 Å². The van der Waals surface area contributed by atoms with E-state index in [1.165, 1.54) is 6.42 Å². The Bertz CT molecular complexity index is 283. The molecule has 0 aromatic heterocycles. The molecule has 0 spiro atoms. The van der Waals surface area contributed by atoms with E-state index in [1.807, 2.05) is 0 Å². The summed E-state index contributed by atoms with van der Waals surface area (Å²) in [5, 5.41) is 18.0. The van der Waals surface area contributed by atoms with Gasteiger partial charge in [0.05, 0.1) is 0 Å². The molecule has 0 aliphatic carbocycles. The lowest BCUT2D eigenvalue weighted by Crippen LogP contribution is -2.31. The number of aliphatic carboxylic acids is 2. The average molecular weight is 299 g/mol. The van der Waals surface area contributed by atoms with Crippen LogP contribution in [-0.4, -0.2) is 45.2 Å². The van der Waals surface area contributed by atoms with Crippen LogP contribution in [0.25, 0.3) is 0 Å². The largest absolute Gasteiger partial charge is 0.481 e. The van der Waals surface area contributed by atoms with Gasteiger partial charge in [0, 0.05) is 0 Å². The molecule has 0 saturated carbocycles. The molecule has 1 unspecified atom stereocenters. The van der Waals surface area contributed by atoms with E-state index in [9.17, 15) is 9.59 Å². The third-order valence-corrected chi connectivity index (χ3v) is 3.75. The van der Waals surface area contributed by atoms with Crippen molar-refractivity contribution in [3.63, 3.8) is 0 Å². The zero-order valence-electron chi connectivity index (χ0n) is 12.6. The first-order chi connectivity index (χ1) is 8.70. The minimum absolute atomic E-state index is 0. The highest BCUT2D eigenvalue weighted by atomic mass is 24.3. The molecule has 2 N–H and O–H groups in total. The number of carboxylic acid groups (broad SMARTS) is 2. The first kappa shape index (κ1) is 22.0. The van der Waals surface area contributed by atoms with Crippen molar-refractivity contribution in [1.29, 1.82) is 0 Å². The van der Waals surface area contributed by atoms with Gasteiger partial charge in [-0.15, -0.1) is 0 Å². The Kier molecular flexibility index (Phi) is 11.5. The second-order valence-corrected chi connectivity index (χ2v) is 6.38. The highest BCUT2D eigenvalue weighted by Crippen LogP contribution is 2.35. The minimum Gasteiger partial charge on any atom is -0.481 e. The summed E-state index contributed by atoms with van der Waals surface area (Å²) in [7, 11) is 0. The van der Waals surface area contributed by atoms with Gasteiger partial charge < -0.3 is 10.2 Å². The average Bonchev–Trinajstić information content (AvgIpc) is 2.25. The van der Waals surface area contributed by atoms with E-state index in [1.54, 1.807) is 0 Å². The van der Waals surface area contributed by atoms with Crippen LogP contribution in [0.4, 0.5) is 0 Å². The first-order valence-electron chi connectivity index (χ1n) is 7.15. The Morgan fingerprint density at radius 2 is 1.50 bits per heavy atom. The quantitative estimate of drug-likeness (QED) is 0.390. The molecule has 0 bridgehead atoms. The molecule has 0 amide bonds. The summed E-state index contributed by atoms with van der Waals surface area (Å²) in [5.74, 6) is -3.61. The van der Waals surface area contributed by atoms with Crippen LogP contribution in [0.3, 0.4) is 0 Å². The maximum Gasteiger partial charge on any atom is 0.317 e. The summed E-state index contributed by atoms with van der Waals surface area (Å²) in [6.07, 6.45) is 5.64. The number of carbonyl (C=O) groups is 2. The van der Waals surface area contributed by atoms with Crippen LogP contribution in [0.15, 0.2) is 0 Å². The lowest BCUT2D eigenvalue weighted by atomic mass is 9.73. The van der Waals surface area contributed by atoms with E-state index >= 15 is 0 Å². The number of hydrogen-bond acceptors (Lipinski definition) is 2. The van der Waals surface area contributed by atoms with Crippen molar-refractivity contribution in [2.24, 2.45) is 17.3 Å². The van der Waals surface area contributed by atoms with Crippen LogP contribution in [0.1, 0.15) is 66.2 Å². The molecule has 20 heavy (non-hydrogen) atoms. The van der Waals surface area contributed by atoms with Gasteiger partial charge in [-0.25, -0.2) is 0 Å². The van der Waals surface area contributed by atoms with Crippen molar-refractivity contribution in [1.82, 2.24) is 0 Å². The first-order valence-corrected chi connectivity index (χ1v) is 7.15. The van der Waals surface area contributed by atoms with Crippen LogP contribution in [0, 0.1) is 17.3 Å². The van der Waals surface area contributed by atoms with Crippen LogP contribution in [-0.2, 0) is 9.59 Å². The zero-order valence-corrected chi connectivity index (χ0v) is 12.6. The van der Waals surface area contributed by atoms with E-state index in [0.717, 1.165) is 25.7 Å². The maximum atomic E-state index is 11.0. The van der Waals surface area contributed by atoms with Gasteiger partial charge in [0.15, 0.2) is 5.92 Å². The number of rotatable bonds is 9. The van der Waals surface area contributed by atoms with Crippen molar-refractivity contribution in [2.75, 3.05) is 0 Å². The molecule has 0 aromatic carbocycles. The topological polar surface area (TPSA) is 74.6 Å². The van der Waals surface area contributed by atoms with Crippen LogP contribution in [0.5, 0.6) is 0 Å². The van der Waals surface area contributed by atoms with Crippen LogP contribution < -0.4 is 0 Å². The molecule has 0 saturated heterocycles. The summed E-state index contributed by atoms with van der Waals surface area (Å²) >= 11 is 0. The van der Waals surface area contributed by atoms with Crippen LogP contribution in [0.2, 0.25) is 0 Å². The number of unbranched alkanes of at least 4 members (excludes halogenated alkanes) is 3. The molecule has 0 heterocycles. The smallest absolute Gasteiger partial charge is 0.317 e. The van der Waals surface area contributed by atoms with Crippen molar-refractivity contribution in [3.8, 4) is 0 Å². The molecule has 0 aliphatic rings. The summed E-state index contributed by atoms with van der Waals surface area (Å²) in [4.78, 5) is 22.0. The summed E-state index contributed by atoms with van der Waals surface area (Å²) < 4.78 is 0. The molecule has 0 fully saturated rings. The van der Waals surface area contributed by atoms with Crippen molar-refractivity contribution in [2.45, 2.75) is 66.2 Å². The van der Waals surface area contributed by atoms with E-state index < -0.39 is 17.9 Å². The predicted octanol–water partition coefficient (Wildman–Crippen LogP) is 2.88. The van der Waals surface area contributed by atoms with E-state index in [-0.39, 0.29) is 40.8 Å². The van der Waals surface area contributed by atoms with Crippen LogP contribution >= 0.6 is 0 Å². The summed E-state index contributed by atoms with van der Waals surface area (Å²) in [6, 6.07) is 0. The predicted molar refractivity (Wildman–Crippen MR) is 83.6 cm³/mol. The molecule has 5 heteroatoms. The second kappa shape index (κ2) is 10.4. The Morgan fingerprint density at radius 3 is 1.85 bits per heavy atom. The molecule has 4 nitrogen and oxygen atoms in total. The van der Waals surface area contributed by atoms with Gasteiger partial charge in [-0.2, -0.15) is 0 Å². The van der Waals surface area contributed by atoms with Gasteiger partial charge in [0.25, 0.3) is 0 Å². The van der Waals surface area contributed by atoms with Crippen molar-refractivity contribution < 1.29 is 19.8 Å². The molecule has 0 aromatic rings. The molecule has 0 radical (unpaired) electrons. The molecule has 1 atom stereocenters. The standard InChI is InChI=1S/C15H28O4.Mg.2H/c1-5-6-7-8-9-11(15(2,3)4)10-12(13(16)17)14(18)19;;;/h11-12H,5-10H2,1-4H3,(H,16,17)(H,18,19);;;. The second-order valence-electron chi connectivity index (χ2n) is 6.38. The Balaban J connectivity index is 0. The summed E-state index contributed by atoms with van der Waals surface area (Å²) in [6.45, 7) is 8.31. The van der Waals surface area contributed by atoms with Gasteiger partial charge in [-0.05, 0) is 24.2 Å². The molecule has 0 rings (SSSR count). The third kappa shape index (κ3) is 8.79. The summed E-state index contributed by atoms with van der Waals surface area (Å²) in [5.41, 5.74) is -0.0602. The fourth-order valence-corrected chi connectivity index (χ4v) is 2.31. The molecule has 116 valence electrons. The molecule has 0 aliphatic heterocycles. The lowest BCUT2D eigenvalue weighted by molar-refractivity contribution is -0.155. The lowest BCUT2D eigenvalue weighted by Gasteiger charge is -2.32. The van der Waals surface area contributed by atoms with E-state index in [0.29, 0.717) is 0 Å². The maximum absolute atomic E-state index is 11.0. The van der Waals surface area contributed by atoms with Gasteiger partial charge in [-0.3, -0.25) is 9.59 Å². The fraction of sp³-hybridized carbons (Fsp3) is 0.867. The molecular formula is C15H30MgO4. The van der Waals surface area contributed by atoms with Gasteiger partial charge >= 0.3 is 35.0 Å². The highest BCUT2D eigenvalue weighted by Gasteiger charge is 2.33. The van der Waals surface area contributed by atoms with Crippen molar-refractivity contribution in [3.05, 3.63) is 0 Å². The minimum atomic E-state index is -1.28. The normalized spacial score (nSPS) is 12.8.